The molecule has 0 saturated carbocycles. The van der Waals surface area contributed by atoms with Gasteiger partial charge in [0.1, 0.15) is 5.70 Å². The molecular formula is C17H23NO4. The van der Waals surface area contributed by atoms with Crippen molar-refractivity contribution < 1.29 is 19.1 Å². The van der Waals surface area contributed by atoms with Crippen LogP contribution >= 0.6 is 0 Å². The fourth-order valence-electron chi connectivity index (χ4n) is 1.98. The smallest absolute Gasteiger partial charge is 0.354 e. The number of ether oxygens (including phenoxy) is 2. The van der Waals surface area contributed by atoms with Crippen LogP contribution in [0.1, 0.15) is 30.9 Å². The lowest BCUT2D eigenvalue weighted by molar-refractivity contribution is -0.138. The first-order valence-electron chi connectivity index (χ1n) is 7.26. The van der Waals surface area contributed by atoms with E-state index in [1.807, 2.05) is 19.1 Å². The van der Waals surface area contributed by atoms with Crippen LogP contribution in [0.25, 0.3) is 0 Å². The Morgan fingerprint density at radius 3 is 2.50 bits per heavy atom. The molecule has 0 aliphatic carbocycles. The summed E-state index contributed by atoms with van der Waals surface area (Å²) in [5, 5.41) is 2.93. The van der Waals surface area contributed by atoms with Crippen LogP contribution in [0.2, 0.25) is 0 Å². The Hall–Kier alpha value is -2.30. The average Bonchev–Trinajstić information content (AvgIpc) is 2.53. The van der Waals surface area contributed by atoms with Gasteiger partial charge in [0.05, 0.1) is 20.3 Å². The number of nitrogens with one attached hydrogen (secondary N) is 1. The zero-order valence-electron chi connectivity index (χ0n) is 13.6. The molecule has 0 aliphatic heterocycles. The van der Waals surface area contributed by atoms with E-state index in [1.54, 1.807) is 0 Å². The van der Waals surface area contributed by atoms with Crippen LogP contribution in [0.5, 0.6) is 0 Å². The van der Waals surface area contributed by atoms with Crippen molar-refractivity contribution in [3.8, 4) is 0 Å². The first kappa shape index (κ1) is 17.8. The van der Waals surface area contributed by atoms with Crippen LogP contribution in [0.3, 0.4) is 0 Å². The summed E-state index contributed by atoms with van der Waals surface area (Å²) < 4.78 is 9.21. The molecule has 5 nitrogen and oxygen atoms in total. The Morgan fingerprint density at radius 2 is 1.95 bits per heavy atom. The second-order valence-corrected chi connectivity index (χ2v) is 4.95. The second kappa shape index (κ2) is 8.87. The number of carbonyl (C=O) groups is 2. The number of hydrogen-bond donors (Lipinski definition) is 1. The van der Waals surface area contributed by atoms with Gasteiger partial charge in [0.15, 0.2) is 0 Å². The first-order valence-corrected chi connectivity index (χ1v) is 7.26. The highest BCUT2D eigenvalue weighted by molar-refractivity contribution is 5.98. The number of benzene rings is 1. The SMILES string of the molecule is CCCCc1ccc(N/C(=C\C(=O)OC)C(=O)OC)c(C)c1. The molecule has 0 unspecified atom stereocenters. The average molecular weight is 305 g/mol. The van der Waals surface area contributed by atoms with E-state index in [0.29, 0.717) is 0 Å². The molecule has 0 spiro atoms. The van der Waals surface area contributed by atoms with Crippen molar-refractivity contribution in [2.24, 2.45) is 0 Å². The third-order valence-electron chi connectivity index (χ3n) is 3.25. The Balaban J connectivity index is 2.96. The van der Waals surface area contributed by atoms with Gasteiger partial charge in [-0.3, -0.25) is 0 Å². The summed E-state index contributed by atoms with van der Waals surface area (Å²) in [4.78, 5) is 23.1. The highest BCUT2D eigenvalue weighted by Crippen LogP contribution is 2.20. The van der Waals surface area contributed by atoms with Crippen LogP contribution in [-0.4, -0.2) is 26.2 Å². The number of rotatable bonds is 7. The lowest BCUT2D eigenvalue weighted by atomic mass is 10.0. The summed E-state index contributed by atoms with van der Waals surface area (Å²) in [6, 6.07) is 5.98. The molecular weight excluding hydrogens is 282 g/mol. The largest absolute Gasteiger partial charge is 0.466 e. The van der Waals surface area contributed by atoms with E-state index in [9.17, 15) is 9.59 Å². The quantitative estimate of drug-likeness (QED) is 0.620. The standard InChI is InChI=1S/C17H23NO4/c1-5-6-7-13-8-9-14(12(2)10-13)18-15(17(20)22-4)11-16(19)21-3/h8-11,18H,5-7H2,1-4H3/b15-11-. The third-order valence-corrected chi connectivity index (χ3v) is 3.25. The molecule has 0 amide bonds. The molecule has 0 bridgehead atoms. The number of hydrogen-bond acceptors (Lipinski definition) is 5. The van der Waals surface area contributed by atoms with Gasteiger partial charge in [0, 0.05) is 5.69 Å². The summed E-state index contributed by atoms with van der Waals surface area (Å²) in [6.07, 6.45) is 4.39. The molecule has 0 atom stereocenters. The molecule has 22 heavy (non-hydrogen) atoms. The molecule has 0 saturated heterocycles. The van der Waals surface area contributed by atoms with Crippen LogP contribution < -0.4 is 5.32 Å². The highest BCUT2D eigenvalue weighted by atomic mass is 16.5. The number of anilines is 1. The molecule has 0 aliphatic rings. The Bertz CT molecular complexity index is 564. The second-order valence-electron chi connectivity index (χ2n) is 4.95. The van der Waals surface area contributed by atoms with E-state index in [4.69, 9.17) is 0 Å². The Kier molecular flexibility index (Phi) is 7.16. The van der Waals surface area contributed by atoms with Crippen LogP contribution in [0, 0.1) is 6.92 Å². The van der Waals surface area contributed by atoms with Crippen molar-refractivity contribution in [3.05, 3.63) is 41.1 Å². The van der Waals surface area contributed by atoms with Gasteiger partial charge in [0.25, 0.3) is 0 Å². The molecule has 5 heteroatoms. The van der Waals surface area contributed by atoms with E-state index < -0.39 is 11.9 Å². The molecule has 0 fully saturated rings. The van der Waals surface area contributed by atoms with E-state index in [-0.39, 0.29) is 5.70 Å². The van der Waals surface area contributed by atoms with Crippen LogP contribution in [0.15, 0.2) is 30.0 Å². The maximum atomic E-state index is 11.7. The lowest BCUT2D eigenvalue weighted by Crippen LogP contribution is -2.16. The van der Waals surface area contributed by atoms with Gasteiger partial charge in [-0.1, -0.05) is 25.5 Å². The lowest BCUT2D eigenvalue weighted by Gasteiger charge is -2.12. The van der Waals surface area contributed by atoms with Gasteiger partial charge in [-0.15, -0.1) is 0 Å². The van der Waals surface area contributed by atoms with Gasteiger partial charge in [-0.05, 0) is 37.0 Å². The minimum atomic E-state index is -0.625. The van der Waals surface area contributed by atoms with Crippen molar-refractivity contribution in [1.82, 2.24) is 0 Å². The Morgan fingerprint density at radius 1 is 1.23 bits per heavy atom. The van der Waals surface area contributed by atoms with E-state index in [0.717, 1.165) is 36.6 Å². The molecule has 1 aromatic rings. The minimum Gasteiger partial charge on any atom is -0.466 e. The molecule has 1 rings (SSSR count). The fraction of sp³-hybridized carbons (Fsp3) is 0.412. The van der Waals surface area contributed by atoms with Gasteiger partial charge in [-0.2, -0.15) is 0 Å². The topological polar surface area (TPSA) is 64.6 Å². The van der Waals surface area contributed by atoms with Crippen molar-refractivity contribution in [2.75, 3.05) is 19.5 Å². The predicted octanol–water partition coefficient (Wildman–Crippen LogP) is 2.98. The third kappa shape index (κ3) is 5.24. The molecule has 120 valence electrons. The first-order chi connectivity index (χ1) is 10.5. The van der Waals surface area contributed by atoms with Gasteiger partial charge >= 0.3 is 11.9 Å². The number of esters is 2. The Labute approximate surface area is 131 Å². The molecule has 0 heterocycles. The minimum absolute atomic E-state index is 0.0405. The van der Waals surface area contributed by atoms with Crippen molar-refractivity contribution >= 4 is 17.6 Å². The van der Waals surface area contributed by atoms with Crippen molar-refractivity contribution in [1.29, 1.82) is 0 Å². The summed E-state index contributed by atoms with van der Waals surface area (Å²) in [5.74, 6) is -1.25. The highest BCUT2D eigenvalue weighted by Gasteiger charge is 2.13. The summed E-state index contributed by atoms with van der Waals surface area (Å²) in [5.41, 5.74) is 3.04. The summed E-state index contributed by atoms with van der Waals surface area (Å²) in [6.45, 7) is 4.11. The summed E-state index contributed by atoms with van der Waals surface area (Å²) >= 11 is 0. The predicted molar refractivity (Wildman–Crippen MR) is 85.5 cm³/mol. The van der Waals surface area contributed by atoms with Crippen LogP contribution in [-0.2, 0) is 25.5 Å². The monoisotopic (exact) mass is 305 g/mol. The zero-order valence-corrected chi connectivity index (χ0v) is 13.6. The number of methoxy groups -OCH3 is 2. The van der Waals surface area contributed by atoms with E-state index in [2.05, 4.69) is 27.8 Å². The normalized spacial score (nSPS) is 11.0. The van der Waals surface area contributed by atoms with Crippen LogP contribution in [0.4, 0.5) is 5.69 Å². The number of carbonyl (C=O) groups excluding carboxylic acids is 2. The van der Waals surface area contributed by atoms with Crippen molar-refractivity contribution in [2.45, 2.75) is 33.1 Å². The molecule has 0 aromatic heterocycles. The van der Waals surface area contributed by atoms with E-state index in [1.165, 1.54) is 19.8 Å². The fourth-order valence-corrected chi connectivity index (χ4v) is 1.98. The van der Waals surface area contributed by atoms with Gasteiger partial charge in [0.2, 0.25) is 0 Å². The molecule has 1 aromatic carbocycles. The zero-order chi connectivity index (χ0) is 16.5. The number of unbranched alkanes of at least 4 members (excludes halogenated alkanes) is 1. The maximum Gasteiger partial charge on any atom is 0.354 e. The number of aryl methyl sites for hydroxylation is 2. The van der Waals surface area contributed by atoms with Crippen molar-refractivity contribution in [3.63, 3.8) is 0 Å². The van der Waals surface area contributed by atoms with E-state index >= 15 is 0 Å². The molecule has 1 N–H and O–H groups in total. The summed E-state index contributed by atoms with van der Waals surface area (Å²) in [7, 11) is 2.51. The molecule has 0 radical (unpaired) electrons. The van der Waals surface area contributed by atoms with Gasteiger partial charge in [-0.25, -0.2) is 9.59 Å². The van der Waals surface area contributed by atoms with Gasteiger partial charge < -0.3 is 14.8 Å². The maximum absolute atomic E-state index is 11.7.